The monoisotopic (exact) mass is 270 g/mol. The zero-order valence-corrected chi connectivity index (χ0v) is 12.4. The number of nitrogens with one attached hydrogen (secondary N) is 1. The first-order valence-corrected chi connectivity index (χ1v) is 7.22. The summed E-state index contributed by atoms with van der Waals surface area (Å²) in [6.45, 7) is 6.45. The Hall–Kier alpha value is -1.10. The zero-order chi connectivity index (χ0) is 14.4. The summed E-state index contributed by atoms with van der Waals surface area (Å²) in [6.07, 6.45) is 3.00. The fourth-order valence-electron chi connectivity index (χ4n) is 2.68. The van der Waals surface area contributed by atoms with E-state index in [0.29, 0.717) is 19.4 Å². The molecule has 1 fully saturated rings. The van der Waals surface area contributed by atoms with E-state index in [2.05, 4.69) is 5.32 Å². The van der Waals surface area contributed by atoms with E-state index in [1.54, 1.807) is 12.0 Å². The molecule has 0 aromatic carbocycles. The second kappa shape index (κ2) is 7.48. The molecule has 0 bridgehead atoms. The van der Waals surface area contributed by atoms with Crippen LogP contribution in [-0.2, 0) is 14.3 Å². The summed E-state index contributed by atoms with van der Waals surface area (Å²) in [5, 5.41) is 2.85. The second-order valence-corrected chi connectivity index (χ2v) is 5.04. The van der Waals surface area contributed by atoms with Crippen LogP contribution in [0.1, 0.15) is 46.5 Å². The molecule has 1 N–H and O–H groups in total. The molecule has 5 nitrogen and oxygen atoms in total. The highest BCUT2D eigenvalue weighted by Crippen LogP contribution is 2.20. The summed E-state index contributed by atoms with van der Waals surface area (Å²) in [5.74, 6) is 0.00676. The third kappa shape index (κ3) is 3.47. The van der Waals surface area contributed by atoms with E-state index >= 15 is 0 Å². The van der Waals surface area contributed by atoms with Crippen LogP contribution in [0.4, 0.5) is 0 Å². The first-order chi connectivity index (χ1) is 9.10. The Bertz CT molecular complexity index is 320. The average Bonchev–Trinajstić information content (AvgIpc) is 2.40. The lowest BCUT2D eigenvalue weighted by molar-refractivity contribution is -0.154. The van der Waals surface area contributed by atoms with Gasteiger partial charge in [-0.3, -0.25) is 9.59 Å². The van der Waals surface area contributed by atoms with Crippen LogP contribution in [0.25, 0.3) is 0 Å². The molecule has 110 valence electrons. The van der Waals surface area contributed by atoms with Gasteiger partial charge >= 0.3 is 0 Å². The van der Waals surface area contributed by atoms with Gasteiger partial charge in [0.05, 0.1) is 12.6 Å². The normalized spacial score (nSPS) is 25.4. The molecule has 1 aliphatic heterocycles. The van der Waals surface area contributed by atoms with E-state index in [4.69, 9.17) is 4.74 Å². The fraction of sp³-hybridized carbons (Fsp3) is 0.857. The van der Waals surface area contributed by atoms with Crippen LogP contribution in [0.15, 0.2) is 0 Å². The van der Waals surface area contributed by atoms with E-state index < -0.39 is 0 Å². The van der Waals surface area contributed by atoms with E-state index in [1.165, 1.54) is 0 Å². The van der Waals surface area contributed by atoms with Gasteiger partial charge in [-0.15, -0.1) is 0 Å². The fourth-order valence-corrected chi connectivity index (χ4v) is 2.68. The SMILES string of the molecule is CCCC1NC(=O)C(CC)N(C(CC)COC)C1=O. The second-order valence-electron chi connectivity index (χ2n) is 5.04. The Labute approximate surface area is 115 Å². The van der Waals surface area contributed by atoms with Gasteiger partial charge in [0.15, 0.2) is 0 Å². The van der Waals surface area contributed by atoms with E-state index in [9.17, 15) is 9.59 Å². The van der Waals surface area contributed by atoms with Crippen LogP contribution in [0.3, 0.4) is 0 Å². The number of ether oxygens (including phenoxy) is 1. The molecule has 0 spiro atoms. The van der Waals surface area contributed by atoms with Crippen molar-refractivity contribution < 1.29 is 14.3 Å². The van der Waals surface area contributed by atoms with E-state index in [1.807, 2.05) is 20.8 Å². The van der Waals surface area contributed by atoms with Crippen molar-refractivity contribution in [3.63, 3.8) is 0 Å². The minimum Gasteiger partial charge on any atom is -0.383 e. The lowest BCUT2D eigenvalue weighted by Crippen LogP contribution is -2.66. The van der Waals surface area contributed by atoms with Crippen molar-refractivity contribution in [2.24, 2.45) is 0 Å². The van der Waals surface area contributed by atoms with Gasteiger partial charge in [0, 0.05) is 7.11 Å². The summed E-state index contributed by atoms with van der Waals surface area (Å²) >= 11 is 0. The van der Waals surface area contributed by atoms with Gasteiger partial charge in [-0.1, -0.05) is 27.2 Å². The first kappa shape index (κ1) is 16.0. The van der Waals surface area contributed by atoms with Crippen LogP contribution >= 0.6 is 0 Å². The maximum atomic E-state index is 12.6. The van der Waals surface area contributed by atoms with E-state index in [-0.39, 0.29) is 29.9 Å². The third-order valence-corrected chi connectivity index (χ3v) is 3.70. The van der Waals surface area contributed by atoms with Crippen LogP contribution in [-0.4, -0.2) is 48.6 Å². The largest absolute Gasteiger partial charge is 0.383 e. The molecule has 19 heavy (non-hydrogen) atoms. The molecule has 1 aliphatic rings. The Morgan fingerprint density at radius 1 is 1.32 bits per heavy atom. The van der Waals surface area contributed by atoms with Gasteiger partial charge < -0.3 is 15.0 Å². The van der Waals surface area contributed by atoms with Gasteiger partial charge in [0.25, 0.3) is 0 Å². The molecule has 0 radical (unpaired) electrons. The topological polar surface area (TPSA) is 58.6 Å². The van der Waals surface area contributed by atoms with Crippen LogP contribution in [0.5, 0.6) is 0 Å². The number of piperazine rings is 1. The molecule has 3 unspecified atom stereocenters. The Morgan fingerprint density at radius 2 is 2.00 bits per heavy atom. The predicted molar refractivity (Wildman–Crippen MR) is 73.7 cm³/mol. The molecule has 1 heterocycles. The molecular formula is C14H26N2O3. The number of rotatable bonds is 7. The number of methoxy groups -OCH3 is 1. The zero-order valence-electron chi connectivity index (χ0n) is 12.4. The van der Waals surface area contributed by atoms with Crippen molar-refractivity contribution in [2.75, 3.05) is 13.7 Å². The molecule has 0 aliphatic carbocycles. The van der Waals surface area contributed by atoms with Crippen molar-refractivity contribution in [2.45, 2.75) is 64.6 Å². The molecule has 1 saturated heterocycles. The highest BCUT2D eigenvalue weighted by molar-refractivity contribution is 5.97. The van der Waals surface area contributed by atoms with Crippen molar-refractivity contribution >= 4 is 11.8 Å². The van der Waals surface area contributed by atoms with Crippen molar-refractivity contribution in [3.8, 4) is 0 Å². The molecule has 3 atom stereocenters. The number of nitrogens with zero attached hydrogens (tertiary/aromatic N) is 1. The molecule has 0 aromatic heterocycles. The third-order valence-electron chi connectivity index (χ3n) is 3.70. The first-order valence-electron chi connectivity index (χ1n) is 7.22. The van der Waals surface area contributed by atoms with Crippen molar-refractivity contribution in [1.82, 2.24) is 10.2 Å². The molecule has 2 amide bonds. The molecular weight excluding hydrogens is 244 g/mol. The van der Waals surface area contributed by atoms with Gasteiger partial charge in [0.2, 0.25) is 11.8 Å². The van der Waals surface area contributed by atoms with Gasteiger partial charge in [-0.05, 0) is 19.3 Å². The summed E-state index contributed by atoms with van der Waals surface area (Å²) < 4.78 is 5.19. The summed E-state index contributed by atoms with van der Waals surface area (Å²) in [7, 11) is 1.63. The number of hydrogen-bond donors (Lipinski definition) is 1. The summed E-state index contributed by atoms with van der Waals surface area (Å²) in [5.41, 5.74) is 0. The molecule has 0 aromatic rings. The Morgan fingerprint density at radius 3 is 2.47 bits per heavy atom. The van der Waals surface area contributed by atoms with Crippen molar-refractivity contribution in [1.29, 1.82) is 0 Å². The van der Waals surface area contributed by atoms with Crippen LogP contribution < -0.4 is 5.32 Å². The number of amides is 2. The Kier molecular flexibility index (Phi) is 6.28. The molecule has 1 rings (SSSR count). The lowest BCUT2D eigenvalue weighted by Gasteiger charge is -2.42. The Balaban J connectivity index is 2.97. The van der Waals surface area contributed by atoms with E-state index in [0.717, 1.165) is 12.8 Å². The number of hydrogen-bond acceptors (Lipinski definition) is 3. The quantitative estimate of drug-likeness (QED) is 0.759. The predicted octanol–water partition coefficient (Wildman–Crippen LogP) is 1.32. The number of carbonyl (C=O) groups is 2. The minimum absolute atomic E-state index is 0.0205. The maximum Gasteiger partial charge on any atom is 0.246 e. The lowest BCUT2D eigenvalue weighted by atomic mass is 9.98. The van der Waals surface area contributed by atoms with Crippen LogP contribution in [0, 0.1) is 0 Å². The number of carbonyl (C=O) groups excluding carboxylic acids is 2. The molecule has 5 heteroatoms. The summed E-state index contributed by atoms with van der Waals surface area (Å²) in [4.78, 5) is 26.5. The van der Waals surface area contributed by atoms with Gasteiger partial charge in [-0.2, -0.15) is 0 Å². The standard InChI is InChI=1S/C14H26N2O3/c1-5-8-11-14(18)16(10(6-2)9-19-4)12(7-3)13(17)15-11/h10-12H,5-9H2,1-4H3,(H,15,17). The molecule has 0 saturated carbocycles. The summed E-state index contributed by atoms with van der Waals surface area (Å²) in [6, 6.07) is -0.750. The maximum absolute atomic E-state index is 12.6. The minimum atomic E-state index is -0.369. The van der Waals surface area contributed by atoms with Crippen LogP contribution in [0.2, 0.25) is 0 Å². The van der Waals surface area contributed by atoms with Crippen molar-refractivity contribution in [3.05, 3.63) is 0 Å². The van der Waals surface area contributed by atoms with Gasteiger partial charge in [-0.25, -0.2) is 0 Å². The average molecular weight is 270 g/mol. The highest BCUT2D eigenvalue weighted by atomic mass is 16.5. The smallest absolute Gasteiger partial charge is 0.246 e. The highest BCUT2D eigenvalue weighted by Gasteiger charge is 2.41. The van der Waals surface area contributed by atoms with Gasteiger partial charge in [0.1, 0.15) is 12.1 Å².